The van der Waals surface area contributed by atoms with Crippen LogP contribution in [-0.4, -0.2) is 41.6 Å². The molecule has 0 aliphatic carbocycles. The minimum Gasteiger partial charge on any atom is -0.493 e. The summed E-state index contributed by atoms with van der Waals surface area (Å²) in [5.41, 5.74) is 1.09. The number of carboxylic acid groups (broad SMARTS) is 1. The molecule has 5 nitrogen and oxygen atoms in total. The number of amides is 1. The van der Waals surface area contributed by atoms with Crippen LogP contribution in [0.3, 0.4) is 0 Å². The van der Waals surface area contributed by atoms with Gasteiger partial charge in [0.1, 0.15) is 11.3 Å². The molecule has 0 bridgehead atoms. The molecule has 0 atom stereocenters. The standard InChI is InChI=1S/C16H23NO4/c1-4-17(5-2)15(18)7-6-10-21-14-11-12(3)8-9-13(14)16(19)20/h8-9,11H,4-7,10H2,1-3H3,(H,19,20). The lowest BCUT2D eigenvalue weighted by atomic mass is 10.1. The number of hydrogen-bond acceptors (Lipinski definition) is 3. The zero-order chi connectivity index (χ0) is 15.8. The number of aryl methyl sites for hydroxylation is 1. The molecule has 0 saturated carbocycles. The quantitative estimate of drug-likeness (QED) is 0.748. The van der Waals surface area contributed by atoms with Crippen LogP contribution in [0.4, 0.5) is 0 Å². The number of carbonyl (C=O) groups is 2. The fourth-order valence-electron chi connectivity index (χ4n) is 2.07. The Morgan fingerprint density at radius 1 is 1.24 bits per heavy atom. The summed E-state index contributed by atoms with van der Waals surface area (Å²) in [5, 5.41) is 9.10. The highest BCUT2D eigenvalue weighted by Gasteiger charge is 2.12. The highest BCUT2D eigenvalue weighted by atomic mass is 16.5. The summed E-state index contributed by atoms with van der Waals surface area (Å²) in [6.45, 7) is 7.52. The Hall–Kier alpha value is -2.04. The van der Waals surface area contributed by atoms with Crippen LogP contribution in [0.5, 0.6) is 5.75 Å². The smallest absolute Gasteiger partial charge is 0.339 e. The summed E-state index contributed by atoms with van der Waals surface area (Å²) >= 11 is 0. The molecular formula is C16H23NO4. The van der Waals surface area contributed by atoms with Gasteiger partial charge in [0.15, 0.2) is 0 Å². The number of carboxylic acids is 1. The maximum atomic E-state index is 11.8. The normalized spacial score (nSPS) is 10.2. The highest BCUT2D eigenvalue weighted by molar-refractivity contribution is 5.90. The van der Waals surface area contributed by atoms with Gasteiger partial charge in [-0.25, -0.2) is 4.79 Å². The van der Waals surface area contributed by atoms with Gasteiger partial charge in [0.25, 0.3) is 0 Å². The number of rotatable bonds is 8. The van der Waals surface area contributed by atoms with Crippen molar-refractivity contribution in [3.05, 3.63) is 29.3 Å². The first kappa shape index (κ1) is 17.0. The van der Waals surface area contributed by atoms with Gasteiger partial charge in [-0.1, -0.05) is 6.07 Å². The minimum atomic E-state index is -1.01. The SMILES string of the molecule is CCN(CC)C(=O)CCCOc1cc(C)ccc1C(=O)O. The van der Waals surface area contributed by atoms with Crippen molar-refractivity contribution in [3.8, 4) is 5.75 Å². The third kappa shape index (κ3) is 5.10. The second-order valence-corrected chi connectivity index (χ2v) is 4.82. The van der Waals surface area contributed by atoms with E-state index in [9.17, 15) is 9.59 Å². The topological polar surface area (TPSA) is 66.8 Å². The Bertz CT molecular complexity index is 495. The van der Waals surface area contributed by atoms with Crippen molar-refractivity contribution in [1.29, 1.82) is 0 Å². The van der Waals surface area contributed by atoms with Crippen LogP contribution < -0.4 is 4.74 Å². The Labute approximate surface area is 125 Å². The molecule has 1 aromatic rings. The average Bonchev–Trinajstić information content (AvgIpc) is 2.44. The van der Waals surface area contributed by atoms with Gasteiger partial charge in [0, 0.05) is 19.5 Å². The molecule has 0 aliphatic heterocycles. The highest BCUT2D eigenvalue weighted by Crippen LogP contribution is 2.20. The molecule has 0 fully saturated rings. The first-order valence-electron chi connectivity index (χ1n) is 7.24. The maximum Gasteiger partial charge on any atom is 0.339 e. The molecule has 0 aromatic heterocycles. The van der Waals surface area contributed by atoms with Crippen LogP contribution in [0.1, 0.15) is 42.6 Å². The van der Waals surface area contributed by atoms with Gasteiger partial charge in [-0.3, -0.25) is 4.79 Å². The molecule has 116 valence electrons. The van der Waals surface area contributed by atoms with E-state index in [1.807, 2.05) is 20.8 Å². The van der Waals surface area contributed by atoms with E-state index in [4.69, 9.17) is 9.84 Å². The second-order valence-electron chi connectivity index (χ2n) is 4.82. The lowest BCUT2D eigenvalue weighted by Crippen LogP contribution is -2.30. The van der Waals surface area contributed by atoms with Crippen LogP contribution in [0.2, 0.25) is 0 Å². The molecule has 5 heteroatoms. The predicted molar refractivity (Wildman–Crippen MR) is 80.8 cm³/mol. The molecular weight excluding hydrogens is 270 g/mol. The second kappa shape index (κ2) is 8.29. The van der Waals surface area contributed by atoms with Crippen LogP contribution in [0.25, 0.3) is 0 Å². The summed E-state index contributed by atoms with van der Waals surface area (Å²) in [7, 11) is 0. The van der Waals surface area contributed by atoms with Crippen LogP contribution in [-0.2, 0) is 4.79 Å². The molecule has 0 aliphatic rings. The first-order valence-corrected chi connectivity index (χ1v) is 7.24. The van der Waals surface area contributed by atoms with Gasteiger partial charge >= 0.3 is 5.97 Å². The lowest BCUT2D eigenvalue weighted by Gasteiger charge is -2.18. The van der Waals surface area contributed by atoms with Crippen molar-refractivity contribution in [2.75, 3.05) is 19.7 Å². The molecule has 0 spiro atoms. The molecule has 0 radical (unpaired) electrons. The third-order valence-electron chi connectivity index (χ3n) is 3.28. The zero-order valence-corrected chi connectivity index (χ0v) is 12.9. The lowest BCUT2D eigenvalue weighted by molar-refractivity contribution is -0.131. The van der Waals surface area contributed by atoms with E-state index in [0.29, 0.717) is 38.3 Å². The van der Waals surface area contributed by atoms with Crippen molar-refractivity contribution in [1.82, 2.24) is 4.90 Å². The number of aromatic carboxylic acids is 1. The van der Waals surface area contributed by atoms with E-state index in [2.05, 4.69) is 0 Å². The van der Waals surface area contributed by atoms with Gasteiger partial charge in [-0.05, 0) is 44.9 Å². The summed E-state index contributed by atoms with van der Waals surface area (Å²) in [6.07, 6.45) is 0.984. The number of nitrogens with zero attached hydrogens (tertiary/aromatic N) is 1. The minimum absolute atomic E-state index is 0.103. The predicted octanol–water partition coefficient (Wildman–Crippen LogP) is 2.72. The molecule has 1 N–H and O–H groups in total. The van der Waals surface area contributed by atoms with Gasteiger partial charge in [0.05, 0.1) is 6.61 Å². The first-order chi connectivity index (χ1) is 9.99. The van der Waals surface area contributed by atoms with Crippen molar-refractivity contribution < 1.29 is 19.4 Å². The number of carbonyl (C=O) groups excluding carboxylic acids is 1. The van der Waals surface area contributed by atoms with E-state index < -0.39 is 5.97 Å². The molecule has 1 amide bonds. The summed E-state index contributed by atoms with van der Waals surface area (Å²) in [6, 6.07) is 4.98. The largest absolute Gasteiger partial charge is 0.493 e. The Kier molecular flexibility index (Phi) is 6.72. The molecule has 0 heterocycles. The van der Waals surface area contributed by atoms with Crippen molar-refractivity contribution >= 4 is 11.9 Å². The van der Waals surface area contributed by atoms with Crippen LogP contribution >= 0.6 is 0 Å². The molecule has 0 saturated heterocycles. The van der Waals surface area contributed by atoms with Gasteiger partial charge in [0.2, 0.25) is 5.91 Å². The average molecular weight is 293 g/mol. The molecule has 0 unspecified atom stereocenters. The van der Waals surface area contributed by atoms with E-state index >= 15 is 0 Å². The molecule has 21 heavy (non-hydrogen) atoms. The van der Waals surface area contributed by atoms with E-state index in [-0.39, 0.29) is 11.5 Å². The summed E-state index contributed by atoms with van der Waals surface area (Å²) in [4.78, 5) is 24.7. The van der Waals surface area contributed by atoms with Gasteiger partial charge < -0.3 is 14.7 Å². The third-order valence-corrected chi connectivity index (χ3v) is 3.28. The Morgan fingerprint density at radius 3 is 2.48 bits per heavy atom. The summed E-state index contributed by atoms with van der Waals surface area (Å²) in [5.74, 6) is -0.548. The number of ether oxygens (including phenoxy) is 1. The fourth-order valence-corrected chi connectivity index (χ4v) is 2.07. The molecule has 1 rings (SSSR count). The summed E-state index contributed by atoms with van der Waals surface area (Å²) < 4.78 is 5.53. The van der Waals surface area contributed by atoms with Crippen LogP contribution in [0, 0.1) is 6.92 Å². The van der Waals surface area contributed by atoms with E-state index in [0.717, 1.165) is 5.56 Å². The monoisotopic (exact) mass is 293 g/mol. The Morgan fingerprint density at radius 2 is 1.90 bits per heavy atom. The van der Waals surface area contributed by atoms with Crippen molar-refractivity contribution in [2.24, 2.45) is 0 Å². The number of benzene rings is 1. The van der Waals surface area contributed by atoms with Crippen LogP contribution in [0.15, 0.2) is 18.2 Å². The van der Waals surface area contributed by atoms with Gasteiger partial charge in [-0.15, -0.1) is 0 Å². The maximum absolute atomic E-state index is 11.8. The van der Waals surface area contributed by atoms with E-state index in [1.165, 1.54) is 6.07 Å². The van der Waals surface area contributed by atoms with Gasteiger partial charge in [-0.2, -0.15) is 0 Å². The number of hydrogen-bond donors (Lipinski definition) is 1. The van der Waals surface area contributed by atoms with Crippen molar-refractivity contribution in [3.63, 3.8) is 0 Å². The molecule has 1 aromatic carbocycles. The fraction of sp³-hybridized carbons (Fsp3) is 0.500. The zero-order valence-electron chi connectivity index (χ0n) is 12.9. The Balaban J connectivity index is 2.51. The van der Waals surface area contributed by atoms with E-state index in [1.54, 1.807) is 17.0 Å². The van der Waals surface area contributed by atoms with Crippen molar-refractivity contribution in [2.45, 2.75) is 33.6 Å².